The minimum absolute atomic E-state index is 0.299. The molecule has 1 nitrogen and oxygen atoms in total. The smallest absolute Gasteiger partial charge is 0.0171 e. The lowest BCUT2D eigenvalue weighted by Gasteiger charge is -2.68. The number of nitrogens with two attached hydrogens (primary N) is 1. The van der Waals surface area contributed by atoms with Crippen molar-refractivity contribution in [3.8, 4) is 0 Å². The van der Waals surface area contributed by atoms with Crippen molar-refractivity contribution in [1.82, 2.24) is 0 Å². The molecular weight excluding hydrogens is 166 g/mol. The molecule has 0 atom stereocenters. The van der Waals surface area contributed by atoms with E-state index in [9.17, 15) is 0 Å². The van der Waals surface area contributed by atoms with Crippen molar-refractivity contribution in [3.63, 3.8) is 0 Å². The van der Waals surface area contributed by atoms with Gasteiger partial charge in [0.1, 0.15) is 0 Å². The summed E-state index contributed by atoms with van der Waals surface area (Å²) in [6, 6.07) is 0. The van der Waals surface area contributed by atoms with Crippen LogP contribution in [0, 0.1) is 5.41 Å². The number of rotatable bonds is 1. The van der Waals surface area contributed by atoms with Crippen LogP contribution in [0.25, 0.3) is 0 Å². The summed E-state index contributed by atoms with van der Waals surface area (Å²) in [6.07, 6.45) is 3.81. The molecule has 3 aliphatic carbocycles. The molecule has 0 aromatic rings. The van der Waals surface area contributed by atoms with Gasteiger partial charge < -0.3 is 5.73 Å². The summed E-state index contributed by atoms with van der Waals surface area (Å²) in [6.45, 7) is 0. The monoisotopic (exact) mass is 175 g/mol. The fraction of sp³-hybridized carbons (Fsp3) is 1.00. The third-order valence-corrected chi connectivity index (χ3v) is 3.65. The molecule has 0 aliphatic heterocycles. The molecule has 0 aromatic heterocycles. The van der Waals surface area contributed by atoms with E-state index in [-0.39, 0.29) is 0 Å². The van der Waals surface area contributed by atoms with Gasteiger partial charge in [-0.1, -0.05) is 15.9 Å². The third-order valence-electron chi connectivity index (χ3n) is 2.46. The Kier molecular flexibility index (Phi) is 0.748. The minimum atomic E-state index is 0.299. The molecule has 0 amide bonds. The van der Waals surface area contributed by atoms with Crippen molar-refractivity contribution in [2.75, 3.05) is 5.33 Å². The molecule has 0 saturated heterocycles. The molecule has 3 aliphatic rings. The maximum Gasteiger partial charge on any atom is 0.0171 e. The fourth-order valence-electron chi connectivity index (χ4n) is 2.23. The van der Waals surface area contributed by atoms with E-state index in [1.165, 1.54) is 24.6 Å². The zero-order chi connectivity index (χ0) is 5.83. The van der Waals surface area contributed by atoms with Gasteiger partial charge in [0.25, 0.3) is 0 Å². The molecule has 46 valence electrons. The van der Waals surface area contributed by atoms with Gasteiger partial charge in [0.2, 0.25) is 0 Å². The molecule has 8 heavy (non-hydrogen) atoms. The minimum Gasteiger partial charge on any atom is -0.325 e. The van der Waals surface area contributed by atoms with E-state index in [1.54, 1.807) is 0 Å². The molecule has 0 spiro atoms. The van der Waals surface area contributed by atoms with E-state index in [0.717, 1.165) is 0 Å². The Labute approximate surface area is 57.8 Å². The summed E-state index contributed by atoms with van der Waals surface area (Å²) in [5, 5.41) is 1.17. The molecule has 2 bridgehead atoms. The SMILES string of the molecule is NC12CC(CBr)(C1)C2. The summed E-state index contributed by atoms with van der Waals surface area (Å²) in [4.78, 5) is 0. The van der Waals surface area contributed by atoms with Gasteiger partial charge in [-0.2, -0.15) is 0 Å². The van der Waals surface area contributed by atoms with Gasteiger partial charge in [-0.25, -0.2) is 0 Å². The third kappa shape index (κ3) is 0.415. The van der Waals surface area contributed by atoms with Crippen molar-refractivity contribution in [2.24, 2.45) is 11.1 Å². The molecule has 3 rings (SSSR count). The lowest BCUT2D eigenvalue weighted by molar-refractivity contribution is -0.110. The quantitative estimate of drug-likeness (QED) is 0.598. The second-order valence-corrected chi connectivity index (χ2v) is 4.09. The van der Waals surface area contributed by atoms with Crippen LogP contribution < -0.4 is 5.73 Å². The van der Waals surface area contributed by atoms with Crippen LogP contribution in [0.1, 0.15) is 19.3 Å². The van der Waals surface area contributed by atoms with Gasteiger partial charge in [0.05, 0.1) is 0 Å². The van der Waals surface area contributed by atoms with E-state index in [2.05, 4.69) is 15.9 Å². The first-order valence-corrected chi connectivity index (χ1v) is 4.15. The van der Waals surface area contributed by atoms with Gasteiger partial charge in [-0.05, 0) is 24.7 Å². The lowest BCUT2D eigenvalue weighted by Crippen LogP contribution is -2.72. The van der Waals surface area contributed by atoms with Crippen molar-refractivity contribution in [3.05, 3.63) is 0 Å². The molecule has 3 fully saturated rings. The molecule has 0 radical (unpaired) electrons. The summed E-state index contributed by atoms with van der Waals surface area (Å²) in [5.74, 6) is 0. The maximum absolute atomic E-state index is 5.83. The van der Waals surface area contributed by atoms with E-state index in [1.807, 2.05) is 0 Å². The van der Waals surface area contributed by atoms with E-state index in [4.69, 9.17) is 5.73 Å². The van der Waals surface area contributed by atoms with Crippen LogP contribution in [0.4, 0.5) is 0 Å². The van der Waals surface area contributed by atoms with Crippen molar-refractivity contribution in [2.45, 2.75) is 24.8 Å². The summed E-state index contributed by atoms with van der Waals surface area (Å²) < 4.78 is 0. The number of halogens is 1. The number of alkyl halides is 1. The second kappa shape index (κ2) is 1.14. The highest BCUT2D eigenvalue weighted by atomic mass is 79.9. The highest BCUT2D eigenvalue weighted by Gasteiger charge is 2.64. The first-order chi connectivity index (χ1) is 3.68. The molecule has 0 unspecified atom stereocenters. The standard InChI is InChI=1S/C6H10BrN/c7-4-5-1-6(8,2-5)3-5/h1-4,8H2. The molecule has 2 heteroatoms. The van der Waals surface area contributed by atoms with Gasteiger partial charge in [0.15, 0.2) is 0 Å². The Balaban J connectivity index is 2.04. The Bertz CT molecular complexity index is 113. The van der Waals surface area contributed by atoms with Gasteiger partial charge in [-0.3, -0.25) is 0 Å². The van der Waals surface area contributed by atoms with E-state index >= 15 is 0 Å². The van der Waals surface area contributed by atoms with Crippen LogP contribution >= 0.6 is 15.9 Å². The molecular formula is C6H10BrN. The average Bonchev–Trinajstić information content (AvgIpc) is 1.55. The Morgan fingerprint density at radius 3 is 2.00 bits per heavy atom. The maximum atomic E-state index is 5.83. The van der Waals surface area contributed by atoms with Crippen LogP contribution in [0.2, 0.25) is 0 Å². The van der Waals surface area contributed by atoms with Crippen molar-refractivity contribution in [1.29, 1.82) is 0 Å². The summed E-state index contributed by atoms with van der Waals surface area (Å²) in [5.41, 5.74) is 6.79. The zero-order valence-electron chi connectivity index (χ0n) is 4.78. The first kappa shape index (κ1) is 5.24. The Morgan fingerprint density at radius 1 is 1.38 bits per heavy atom. The second-order valence-electron chi connectivity index (χ2n) is 3.53. The van der Waals surface area contributed by atoms with Crippen LogP contribution in [0.3, 0.4) is 0 Å². The van der Waals surface area contributed by atoms with Gasteiger partial charge in [-0.15, -0.1) is 0 Å². The fourth-order valence-corrected chi connectivity index (χ4v) is 2.82. The predicted octanol–water partition coefficient (Wildman–Crippen LogP) is 1.26. The predicted molar refractivity (Wildman–Crippen MR) is 37.0 cm³/mol. The molecule has 3 saturated carbocycles. The average molecular weight is 176 g/mol. The number of hydrogen-bond acceptors (Lipinski definition) is 1. The zero-order valence-corrected chi connectivity index (χ0v) is 6.37. The lowest BCUT2D eigenvalue weighted by atomic mass is 9.41. The topological polar surface area (TPSA) is 26.0 Å². The number of hydrogen-bond donors (Lipinski definition) is 1. The highest BCUT2D eigenvalue weighted by Crippen LogP contribution is 2.66. The highest BCUT2D eigenvalue weighted by molar-refractivity contribution is 9.09. The summed E-state index contributed by atoms with van der Waals surface area (Å²) >= 11 is 3.49. The van der Waals surface area contributed by atoms with Crippen molar-refractivity contribution < 1.29 is 0 Å². The van der Waals surface area contributed by atoms with Crippen LogP contribution in [-0.4, -0.2) is 10.9 Å². The normalized spacial score (nSPS) is 59.2. The molecule has 2 N–H and O–H groups in total. The largest absolute Gasteiger partial charge is 0.325 e. The Morgan fingerprint density at radius 2 is 1.88 bits per heavy atom. The molecule has 0 heterocycles. The van der Waals surface area contributed by atoms with Crippen LogP contribution in [-0.2, 0) is 0 Å². The van der Waals surface area contributed by atoms with Crippen LogP contribution in [0.15, 0.2) is 0 Å². The van der Waals surface area contributed by atoms with Gasteiger partial charge >= 0.3 is 0 Å². The summed E-state index contributed by atoms with van der Waals surface area (Å²) in [7, 11) is 0. The van der Waals surface area contributed by atoms with E-state index in [0.29, 0.717) is 11.0 Å². The van der Waals surface area contributed by atoms with Gasteiger partial charge in [0, 0.05) is 10.9 Å². The van der Waals surface area contributed by atoms with E-state index < -0.39 is 0 Å². The van der Waals surface area contributed by atoms with Crippen molar-refractivity contribution >= 4 is 15.9 Å². The van der Waals surface area contributed by atoms with Crippen LogP contribution in [0.5, 0.6) is 0 Å². The first-order valence-electron chi connectivity index (χ1n) is 3.03. The molecule has 0 aromatic carbocycles. The Hall–Kier alpha value is 0.440.